The number of pyridine rings is 1. The van der Waals surface area contributed by atoms with E-state index in [1.54, 1.807) is 10.9 Å². The van der Waals surface area contributed by atoms with Crippen LogP contribution in [0.2, 0.25) is 0 Å². The van der Waals surface area contributed by atoms with Crippen LogP contribution in [0.1, 0.15) is 17.7 Å². The van der Waals surface area contributed by atoms with E-state index >= 15 is 0 Å². The van der Waals surface area contributed by atoms with Gasteiger partial charge in [-0.25, -0.2) is 13.1 Å². The number of hydrogen-bond donors (Lipinski definition) is 2. The summed E-state index contributed by atoms with van der Waals surface area (Å²) in [4.78, 5) is 4.28. The van der Waals surface area contributed by atoms with E-state index in [0.29, 0.717) is 13.1 Å². The smallest absolute Gasteiger partial charge is 0.243 e. The Hall–Kier alpha value is -1.77. The molecule has 114 valence electrons. The Morgan fingerprint density at radius 3 is 2.81 bits per heavy atom. The van der Waals surface area contributed by atoms with Crippen molar-refractivity contribution in [1.29, 1.82) is 0 Å². The molecule has 0 aromatic carbocycles. The molecule has 3 N–H and O–H groups in total. The van der Waals surface area contributed by atoms with Gasteiger partial charge in [0.25, 0.3) is 0 Å². The van der Waals surface area contributed by atoms with E-state index in [1.807, 2.05) is 19.1 Å². The van der Waals surface area contributed by atoms with Crippen molar-refractivity contribution in [3.05, 3.63) is 42.0 Å². The first-order valence-corrected chi connectivity index (χ1v) is 8.13. The average molecular weight is 309 g/mol. The van der Waals surface area contributed by atoms with Crippen molar-refractivity contribution >= 4 is 10.0 Å². The number of hydrogen-bond acceptors (Lipinski definition) is 5. The van der Waals surface area contributed by atoms with Crippen LogP contribution < -0.4 is 10.5 Å². The predicted molar refractivity (Wildman–Crippen MR) is 78.9 cm³/mol. The highest BCUT2D eigenvalue weighted by Gasteiger charge is 2.16. The van der Waals surface area contributed by atoms with E-state index in [1.165, 1.54) is 12.4 Å². The van der Waals surface area contributed by atoms with Gasteiger partial charge < -0.3 is 5.73 Å². The van der Waals surface area contributed by atoms with Crippen molar-refractivity contribution in [2.75, 3.05) is 6.54 Å². The van der Waals surface area contributed by atoms with Gasteiger partial charge in [-0.15, -0.1) is 0 Å². The predicted octanol–water partition coefficient (Wildman–Crippen LogP) is 0.414. The molecule has 0 amide bonds. The third kappa shape index (κ3) is 4.35. The van der Waals surface area contributed by atoms with Gasteiger partial charge in [-0.2, -0.15) is 5.10 Å². The summed E-state index contributed by atoms with van der Waals surface area (Å²) in [6.07, 6.45) is 5.25. The number of aromatic nitrogens is 3. The molecule has 0 bridgehead atoms. The largest absolute Gasteiger partial charge is 0.330 e. The first-order valence-electron chi connectivity index (χ1n) is 6.65. The third-order valence-electron chi connectivity index (χ3n) is 2.95. The van der Waals surface area contributed by atoms with Gasteiger partial charge in [0.2, 0.25) is 10.0 Å². The van der Waals surface area contributed by atoms with Gasteiger partial charge in [-0.05, 0) is 31.5 Å². The van der Waals surface area contributed by atoms with Gasteiger partial charge in [-0.3, -0.25) is 9.67 Å². The second-order valence-electron chi connectivity index (χ2n) is 4.71. The van der Waals surface area contributed by atoms with E-state index in [2.05, 4.69) is 14.8 Å². The minimum Gasteiger partial charge on any atom is -0.330 e. The molecule has 0 spiro atoms. The van der Waals surface area contributed by atoms with Crippen LogP contribution in [-0.4, -0.2) is 29.7 Å². The van der Waals surface area contributed by atoms with Crippen LogP contribution >= 0.6 is 0 Å². The normalized spacial score (nSPS) is 11.7. The molecule has 0 atom stereocenters. The summed E-state index contributed by atoms with van der Waals surface area (Å²) in [6.45, 7) is 3.22. The van der Waals surface area contributed by atoms with Gasteiger partial charge in [0, 0.05) is 31.2 Å². The SMILES string of the molecule is Cc1ccc(CNS(=O)(=O)c2cnn(CCCN)c2)cn1. The van der Waals surface area contributed by atoms with E-state index < -0.39 is 10.0 Å². The van der Waals surface area contributed by atoms with Crippen LogP contribution in [0.15, 0.2) is 35.6 Å². The molecule has 2 heterocycles. The Balaban J connectivity index is 2.00. The fourth-order valence-electron chi connectivity index (χ4n) is 1.72. The summed E-state index contributed by atoms with van der Waals surface area (Å²) in [5.41, 5.74) is 7.11. The number of nitrogens with one attached hydrogen (secondary N) is 1. The maximum absolute atomic E-state index is 12.2. The quantitative estimate of drug-likeness (QED) is 0.771. The average Bonchev–Trinajstić information content (AvgIpc) is 2.94. The molecule has 0 aliphatic rings. The molecule has 7 nitrogen and oxygen atoms in total. The van der Waals surface area contributed by atoms with Crippen LogP contribution in [0.4, 0.5) is 0 Å². The zero-order chi connectivity index (χ0) is 15.3. The van der Waals surface area contributed by atoms with Gasteiger partial charge in [0.15, 0.2) is 0 Å². The Bertz CT molecular complexity index is 679. The Labute approximate surface area is 124 Å². The monoisotopic (exact) mass is 309 g/mol. The fourth-order valence-corrected chi connectivity index (χ4v) is 2.69. The van der Waals surface area contributed by atoms with Crippen molar-refractivity contribution < 1.29 is 8.42 Å². The lowest BCUT2D eigenvalue weighted by Crippen LogP contribution is -2.23. The molecule has 2 aromatic heterocycles. The van der Waals surface area contributed by atoms with Crippen LogP contribution in [0.3, 0.4) is 0 Å². The molecule has 0 aliphatic carbocycles. The molecule has 0 radical (unpaired) electrons. The minimum atomic E-state index is -3.57. The molecule has 2 aromatic rings. The summed E-state index contributed by atoms with van der Waals surface area (Å²) in [5, 5.41) is 4.02. The standard InChI is InChI=1S/C13H19N5O2S/c1-11-3-4-12(7-15-11)8-17-21(19,20)13-9-16-18(10-13)6-2-5-14/h3-4,7,9-10,17H,2,5-6,8,14H2,1H3. The zero-order valence-corrected chi connectivity index (χ0v) is 12.7. The molecule has 2 rings (SSSR count). The highest BCUT2D eigenvalue weighted by Crippen LogP contribution is 2.08. The molecule has 21 heavy (non-hydrogen) atoms. The second kappa shape index (κ2) is 6.79. The van der Waals surface area contributed by atoms with E-state index in [-0.39, 0.29) is 11.4 Å². The van der Waals surface area contributed by atoms with Crippen molar-refractivity contribution in [3.8, 4) is 0 Å². The Kier molecular flexibility index (Phi) is 5.05. The molecule has 0 fully saturated rings. The maximum Gasteiger partial charge on any atom is 0.243 e. The number of rotatable bonds is 7. The van der Waals surface area contributed by atoms with Gasteiger partial charge in [0.1, 0.15) is 4.90 Å². The first-order chi connectivity index (χ1) is 10.0. The topological polar surface area (TPSA) is 103 Å². The van der Waals surface area contributed by atoms with Gasteiger partial charge >= 0.3 is 0 Å². The fraction of sp³-hybridized carbons (Fsp3) is 0.385. The molecule has 8 heteroatoms. The molecule has 0 aliphatic heterocycles. The van der Waals surface area contributed by atoms with Gasteiger partial charge in [-0.1, -0.05) is 6.07 Å². The lowest BCUT2D eigenvalue weighted by molar-refractivity contribution is 0.576. The highest BCUT2D eigenvalue weighted by atomic mass is 32.2. The number of nitrogens with zero attached hydrogens (tertiary/aromatic N) is 3. The first kappa shape index (κ1) is 15.6. The zero-order valence-electron chi connectivity index (χ0n) is 11.9. The lowest BCUT2D eigenvalue weighted by atomic mass is 10.2. The van der Waals surface area contributed by atoms with E-state index in [4.69, 9.17) is 5.73 Å². The van der Waals surface area contributed by atoms with E-state index in [9.17, 15) is 8.42 Å². The molecular weight excluding hydrogens is 290 g/mol. The van der Waals surface area contributed by atoms with Crippen LogP contribution in [0.25, 0.3) is 0 Å². The molecule has 0 saturated heterocycles. The van der Waals surface area contributed by atoms with Crippen molar-refractivity contribution in [2.24, 2.45) is 5.73 Å². The number of sulfonamides is 1. The maximum atomic E-state index is 12.2. The molecule has 0 unspecified atom stereocenters. The highest BCUT2D eigenvalue weighted by molar-refractivity contribution is 7.89. The third-order valence-corrected chi connectivity index (χ3v) is 4.31. The summed E-state index contributed by atoms with van der Waals surface area (Å²) < 4.78 is 28.4. The summed E-state index contributed by atoms with van der Waals surface area (Å²) in [5.74, 6) is 0. The summed E-state index contributed by atoms with van der Waals surface area (Å²) in [6, 6.07) is 3.68. The van der Waals surface area contributed by atoms with Gasteiger partial charge in [0.05, 0.1) is 6.20 Å². The molecular formula is C13H19N5O2S. The lowest BCUT2D eigenvalue weighted by Gasteiger charge is -2.05. The summed E-state index contributed by atoms with van der Waals surface area (Å²) in [7, 11) is -3.57. The van der Waals surface area contributed by atoms with Crippen LogP contribution in [0, 0.1) is 6.92 Å². The van der Waals surface area contributed by atoms with Crippen molar-refractivity contribution in [1.82, 2.24) is 19.5 Å². The Morgan fingerprint density at radius 1 is 1.33 bits per heavy atom. The van der Waals surface area contributed by atoms with Crippen molar-refractivity contribution in [3.63, 3.8) is 0 Å². The molecule has 0 saturated carbocycles. The van der Waals surface area contributed by atoms with Crippen LogP contribution in [-0.2, 0) is 23.1 Å². The van der Waals surface area contributed by atoms with E-state index in [0.717, 1.165) is 17.7 Å². The minimum absolute atomic E-state index is 0.152. The second-order valence-corrected chi connectivity index (χ2v) is 6.48. The Morgan fingerprint density at radius 2 is 2.14 bits per heavy atom. The summed E-state index contributed by atoms with van der Waals surface area (Å²) >= 11 is 0. The number of nitrogens with two attached hydrogens (primary N) is 1. The number of aryl methyl sites for hydroxylation is 2. The van der Waals surface area contributed by atoms with Crippen LogP contribution in [0.5, 0.6) is 0 Å². The van der Waals surface area contributed by atoms with Crippen molar-refractivity contribution in [2.45, 2.75) is 31.3 Å².